The molecule has 0 saturated carbocycles. The van der Waals surface area contributed by atoms with E-state index < -0.39 is 32.4 Å². The van der Waals surface area contributed by atoms with Crippen LogP contribution >= 0.6 is 0 Å². The van der Waals surface area contributed by atoms with E-state index in [1.54, 1.807) is 36.4 Å². The zero-order valence-electron chi connectivity index (χ0n) is 19.9. The van der Waals surface area contributed by atoms with Crippen LogP contribution in [0.25, 0.3) is 21.5 Å². The molecule has 0 fully saturated rings. The van der Waals surface area contributed by atoms with E-state index >= 15 is 0 Å². The van der Waals surface area contributed by atoms with E-state index in [1.807, 2.05) is 0 Å². The highest BCUT2D eigenvalue weighted by atomic mass is 32.2. The summed E-state index contributed by atoms with van der Waals surface area (Å²) in [6, 6.07) is 22.0. The number of benzene rings is 5. The summed E-state index contributed by atoms with van der Waals surface area (Å²) in [4.78, 5) is 10.4. The molecular weight excluding hydrogens is 522 g/mol. The second-order valence-corrected chi connectivity index (χ2v) is 9.82. The van der Waals surface area contributed by atoms with Crippen molar-refractivity contribution < 1.29 is 28.0 Å². The molecule has 194 valence electrons. The lowest BCUT2D eigenvalue weighted by Gasteiger charge is -2.09. The molecule has 0 amide bonds. The molecule has 0 heterocycles. The maximum absolute atomic E-state index is 12.1. The fraction of sp³-hybridized carbons (Fsp3) is 0. The van der Waals surface area contributed by atoms with Gasteiger partial charge >= 0.3 is 5.97 Å². The average Bonchev–Trinajstić information content (AvgIpc) is 2.91. The van der Waals surface area contributed by atoms with Crippen LogP contribution in [0.3, 0.4) is 0 Å². The number of carbonyl (C=O) groups is 1. The number of anilines is 1. The topological polar surface area (TPSA) is 187 Å². The summed E-state index contributed by atoms with van der Waals surface area (Å²) >= 11 is 0. The third-order valence-electron chi connectivity index (χ3n) is 5.88. The van der Waals surface area contributed by atoms with Crippen LogP contribution in [0.15, 0.2) is 110 Å². The van der Waals surface area contributed by atoms with Crippen molar-refractivity contribution in [2.45, 2.75) is 4.90 Å². The van der Waals surface area contributed by atoms with E-state index in [-0.39, 0.29) is 10.9 Å². The van der Waals surface area contributed by atoms with Gasteiger partial charge in [0.1, 0.15) is 10.6 Å². The van der Waals surface area contributed by atoms with Gasteiger partial charge in [0.15, 0.2) is 5.75 Å². The summed E-state index contributed by atoms with van der Waals surface area (Å²) in [6.45, 7) is 0. The van der Waals surface area contributed by atoms with Crippen molar-refractivity contribution in [2.75, 3.05) is 5.73 Å². The third-order valence-corrected chi connectivity index (χ3v) is 6.74. The minimum atomic E-state index is -4.76. The number of nitrogen functional groups attached to an aromatic ring is 1. The molecular formula is C27H19N5O6S. The number of carboxylic acids is 1. The first-order valence-corrected chi connectivity index (χ1v) is 12.8. The Bertz CT molecular complexity index is 1940. The summed E-state index contributed by atoms with van der Waals surface area (Å²) in [5.41, 5.74) is 7.14. The number of hydrogen-bond donors (Lipinski definition) is 4. The van der Waals surface area contributed by atoms with Gasteiger partial charge in [0, 0.05) is 21.8 Å². The Morgan fingerprint density at radius 1 is 0.744 bits per heavy atom. The highest BCUT2D eigenvalue weighted by Gasteiger charge is 2.22. The summed E-state index contributed by atoms with van der Waals surface area (Å²) in [6.07, 6.45) is 0. The molecule has 0 unspecified atom stereocenters. The fourth-order valence-corrected chi connectivity index (χ4v) is 4.64. The van der Waals surface area contributed by atoms with Crippen LogP contribution in [-0.2, 0) is 10.1 Å². The van der Waals surface area contributed by atoms with Gasteiger partial charge in [0.05, 0.1) is 22.6 Å². The molecule has 5 aromatic carbocycles. The maximum Gasteiger partial charge on any atom is 0.335 e. The lowest BCUT2D eigenvalue weighted by molar-refractivity contribution is 0.0697. The molecule has 0 radical (unpaired) electrons. The van der Waals surface area contributed by atoms with Crippen LogP contribution in [0.1, 0.15) is 10.4 Å². The van der Waals surface area contributed by atoms with Gasteiger partial charge in [-0.3, -0.25) is 4.55 Å². The number of nitrogens with zero attached hydrogens (tertiary/aromatic N) is 4. The molecule has 0 saturated heterocycles. The molecule has 0 bridgehead atoms. The van der Waals surface area contributed by atoms with Gasteiger partial charge < -0.3 is 15.9 Å². The SMILES string of the molecule is Nc1ccc2cc(S(=O)(=O)O)c(N=Nc3ccc(N=Nc4ccc(C(=O)O)cc4)c4ccccc34)c(O)c2c1. The Balaban J connectivity index is 1.57. The minimum Gasteiger partial charge on any atom is -0.505 e. The van der Waals surface area contributed by atoms with Crippen molar-refractivity contribution in [1.29, 1.82) is 0 Å². The number of phenols is 1. The van der Waals surface area contributed by atoms with Crippen molar-refractivity contribution in [3.8, 4) is 5.75 Å². The first-order chi connectivity index (χ1) is 18.6. The number of carboxylic acid groups (broad SMARTS) is 1. The normalized spacial score (nSPS) is 12.1. The highest BCUT2D eigenvalue weighted by molar-refractivity contribution is 7.86. The second kappa shape index (κ2) is 9.93. The number of azo groups is 2. The minimum absolute atomic E-state index is 0.132. The Kier molecular flexibility index (Phi) is 6.48. The number of rotatable bonds is 6. The van der Waals surface area contributed by atoms with E-state index in [1.165, 1.54) is 48.5 Å². The van der Waals surface area contributed by atoms with Crippen molar-refractivity contribution in [3.05, 3.63) is 90.5 Å². The lowest BCUT2D eigenvalue weighted by atomic mass is 10.1. The molecule has 12 heteroatoms. The van der Waals surface area contributed by atoms with E-state index in [0.717, 1.165) is 0 Å². The van der Waals surface area contributed by atoms with Crippen LogP contribution in [0, 0.1) is 0 Å². The van der Waals surface area contributed by atoms with Crippen LogP contribution in [0.5, 0.6) is 5.75 Å². The van der Waals surface area contributed by atoms with Crippen molar-refractivity contribution in [2.24, 2.45) is 20.5 Å². The van der Waals surface area contributed by atoms with E-state index in [4.69, 9.17) is 10.8 Å². The molecule has 0 atom stereocenters. The number of nitrogens with two attached hydrogens (primary N) is 1. The Labute approximate surface area is 221 Å². The quantitative estimate of drug-likeness (QED) is 0.101. The van der Waals surface area contributed by atoms with Gasteiger partial charge in [-0.05, 0) is 60.0 Å². The van der Waals surface area contributed by atoms with Crippen LogP contribution in [0.2, 0.25) is 0 Å². The zero-order chi connectivity index (χ0) is 27.7. The second-order valence-electron chi connectivity index (χ2n) is 8.43. The predicted molar refractivity (Wildman–Crippen MR) is 146 cm³/mol. The summed E-state index contributed by atoms with van der Waals surface area (Å²) in [5.74, 6) is -1.54. The van der Waals surface area contributed by atoms with Crippen LogP contribution in [-0.4, -0.2) is 29.2 Å². The molecule has 5 aromatic rings. The molecule has 0 spiro atoms. The molecule has 0 aromatic heterocycles. The molecule has 5 N–H and O–H groups in total. The Morgan fingerprint density at radius 3 is 1.95 bits per heavy atom. The number of fused-ring (bicyclic) bond motifs is 2. The standard InChI is InChI=1S/C27H19N5O6S/c28-17-8-5-16-13-24(39(36,37)38)25(26(33)21(16)14-17)32-31-23-12-11-22(19-3-1-2-4-20(19)23)30-29-18-9-6-15(7-10-18)27(34)35/h1-14,33H,28H2,(H,34,35)(H,36,37,38). The fourth-order valence-electron chi connectivity index (χ4n) is 3.98. The third kappa shape index (κ3) is 5.14. The lowest BCUT2D eigenvalue weighted by Crippen LogP contribution is -1.99. The molecule has 0 aliphatic carbocycles. The molecule has 11 nitrogen and oxygen atoms in total. The number of aromatic hydroxyl groups is 1. The molecule has 5 rings (SSSR count). The largest absolute Gasteiger partial charge is 0.505 e. The van der Waals surface area contributed by atoms with Gasteiger partial charge in [-0.15, -0.1) is 15.3 Å². The summed E-state index contributed by atoms with van der Waals surface area (Å²) in [7, 11) is -4.76. The number of aromatic carboxylic acids is 1. The average molecular weight is 542 g/mol. The van der Waals surface area contributed by atoms with E-state index in [9.17, 15) is 22.9 Å². The van der Waals surface area contributed by atoms with E-state index in [0.29, 0.717) is 38.9 Å². The Morgan fingerprint density at radius 2 is 1.36 bits per heavy atom. The highest BCUT2D eigenvalue weighted by Crippen LogP contribution is 2.43. The summed E-state index contributed by atoms with van der Waals surface area (Å²) < 4.78 is 34.0. The van der Waals surface area contributed by atoms with Crippen LogP contribution in [0.4, 0.5) is 28.4 Å². The summed E-state index contributed by atoms with van der Waals surface area (Å²) in [5, 5.41) is 38.4. The van der Waals surface area contributed by atoms with Gasteiger partial charge in [0.2, 0.25) is 0 Å². The van der Waals surface area contributed by atoms with Gasteiger partial charge in [-0.1, -0.05) is 30.3 Å². The van der Waals surface area contributed by atoms with Gasteiger partial charge in [-0.2, -0.15) is 13.5 Å². The van der Waals surface area contributed by atoms with Crippen molar-refractivity contribution in [3.63, 3.8) is 0 Å². The maximum atomic E-state index is 12.1. The van der Waals surface area contributed by atoms with Crippen LogP contribution < -0.4 is 5.73 Å². The number of hydrogen-bond acceptors (Lipinski definition) is 9. The molecule has 0 aliphatic rings. The van der Waals surface area contributed by atoms with Gasteiger partial charge in [-0.25, -0.2) is 4.79 Å². The predicted octanol–water partition coefficient (Wildman–Crippen LogP) is 7.06. The van der Waals surface area contributed by atoms with Crippen molar-refractivity contribution in [1.82, 2.24) is 0 Å². The zero-order valence-corrected chi connectivity index (χ0v) is 20.7. The Hall–Kier alpha value is -5.20. The number of phenolic OH excluding ortho intramolecular Hbond substituents is 1. The van der Waals surface area contributed by atoms with Crippen molar-refractivity contribution >= 4 is 66.1 Å². The van der Waals surface area contributed by atoms with Gasteiger partial charge in [0.25, 0.3) is 10.1 Å². The van der Waals surface area contributed by atoms with E-state index in [2.05, 4.69) is 20.5 Å². The monoisotopic (exact) mass is 541 g/mol. The first-order valence-electron chi connectivity index (χ1n) is 11.3. The smallest absolute Gasteiger partial charge is 0.335 e. The first kappa shape index (κ1) is 25.4. The molecule has 0 aliphatic heterocycles. The molecule has 39 heavy (non-hydrogen) atoms.